The van der Waals surface area contributed by atoms with E-state index < -0.39 is 0 Å². The molecule has 2 heterocycles. The second kappa shape index (κ2) is 7.19. The van der Waals surface area contributed by atoms with Gasteiger partial charge >= 0.3 is 0 Å². The molecule has 1 fully saturated rings. The third-order valence-electron chi connectivity index (χ3n) is 5.28. The van der Waals surface area contributed by atoms with Gasteiger partial charge in [0.05, 0.1) is 6.54 Å². The Morgan fingerprint density at radius 3 is 2.92 bits per heavy atom. The van der Waals surface area contributed by atoms with E-state index in [2.05, 4.69) is 35.6 Å². The lowest BCUT2D eigenvalue weighted by molar-refractivity contribution is 0.138. The van der Waals surface area contributed by atoms with Crippen LogP contribution in [0.15, 0.2) is 53.5 Å². The predicted octanol–water partition coefficient (Wildman–Crippen LogP) is 5.09. The molecule has 1 unspecified atom stereocenters. The van der Waals surface area contributed by atoms with E-state index in [9.17, 15) is 0 Å². The molecule has 4 rings (SSSR count). The van der Waals surface area contributed by atoms with Crippen molar-refractivity contribution in [3.8, 4) is 0 Å². The zero-order valence-electron chi connectivity index (χ0n) is 14.3. The smallest absolute Gasteiger partial charge is 0.108 e. The number of para-hydroxylation sites is 1. The number of rotatable bonds is 2. The average molecular weight is 355 g/mol. The van der Waals surface area contributed by atoms with Crippen LogP contribution in [0.4, 0.5) is 5.69 Å². The first kappa shape index (κ1) is 16.6. The third kappa shape index (κ3) is 3.58. The predicted molar refractivity (Wildman–Crippen MR) is 103 cm³/mol. The summed E-state index contributed by atoms with van der Waals surface area (Å²) in [4.78, 5) is 5.00. The van der Waals surface area contributed by atoms with Crippen molar-refractivity contribution in [3.63, 3.8) is 0 Å². The largest absolute Gasteiger partial charge is 0.381 e. The molecule has 25 heavy (non-hydrogen) atoms. The molecule has 130 valence electrons. The van der Waals surface area contributed by atoms with Crippen LogP contribution in [0.3, 0.4) is 0 Å². The second-order valence-electron chi connectivity index (χ2n) is 7.00. The first-order chi connectivity index (χ1) is 12.3. The molecular formula is C21H23ClN2O. The number of amidine groups is 1. The van der Waals surface area contributed by atoms with E-state index in [0.29, 0.717) is 6.54 Å². The molecule has 4 heteroatoms. The lowest BCUT2D eigenvalue weighted by atomic mass is 9.72. The Morgan fingerprint density at radius 2 is 2.00 bits per heavy atom. The lowest BCUT2D eigenvalue weighted by Gasteiger charge is -2.39. The minimum atomic E-state index is 0.0590. The van der Waals surface area contributed by atoms with Crippen molar-refractivity contribution < 1.29 is 4.74 Å². The van der Waals surface area contributed by atoms with Gasteiger partial charge in [-0.05, 0) is 55.0 Å². The van der Waals surface area contributed by atoms with Crippen LogP contribution in [-0.4, -0.2) is 19.0 Å². The number of halogens is 1. The van der Waals surface area contributed by atoms with Crippen molar-refractivity contribution in [1.29, 1.82) is 0 Å². The zero-order valence-corrected chi connectivity index (χ0v) is 15.1. The highest BCUT2D eigenvalue weighted by Crippen LogP contribution is 2.42. The molecule has 3 nitrogen and oxygen atoms in total. The summed E-state index contributed by atoms with van der Waals surface area (Å²) < 4.78 is 5.74. The molecule has 2 aromatic carbocycles. The molecule has 0 amide bonds. The highest BCUT2D eigenvalue weighted by molar-refractivity contribution is 6.30. The van der Waals surface area contributed by atoms with Crippen LogP contribution in [-0.2, 0) is 17.7 Å². The van der Waals surface area contributed by atoms with E-state index in [1.165, 1.54) is 11.3 Å². The van der Waals surface area contributed by atoms with Crippen molar-refractivity contribution in [2.75, 3.05) is 18.5 Å². The van der Waals surface area contributed by atoms with Crippen molar-refractivity contribution in [1.82, 2.24) is 0 Å². The molecule has 0 saturated carbocycles. The fourth-order valence-electron chi connectivity index (χ4n) is 3.94. The van der Waals surface area contributed by atoms with E-state index in [1.54, 1.807) is 0 Å². The van der Waals surface area contributed by atoms with E-state index in [1.807, 2.05) is 18.2 Å². The van der Waals surface area contributed by atoms with E-state index in [-0.39, 0.29) is 5.41 Å². The van der Waals surface area contributed by atoms with Crippen molar-refractivity contribution in [2.24, 2.45) is 10.4 Å². The second-order valence-corrected chi connectivity index (χ2v) is 7.44. The Bertz CT molecular complexity index is 779. The van der Waals surface area contributed by atoms with Gasteiger partial charge in [-0.25, -0.2) is 0 Å². The van der Waals surface area contributed by atoms with E-state index >= 15 is 0 Å². The molecule has 2 aromatic rings. The van der Waals surface area contributed by atoms with Gasteiger partial charge in [-0.3, -0.25) is 4.99 Å². The normalized spacial score (nSPS) is 24.6. The molecule has 1 N–H and O–H groups in total. The lowest BCUT2D eigenvalue weighted by Crippen LogP contribution is -2.42. The number of fused-ring (bicyclic) bond motifs is 1. The van der Waals surface area contributed by atoms with Gasteiger partial charge in [0.1, 0.15) is 5.84 Å². The average Bonchev–Trinajstić information content (AvgIpc) is 2.86. The summed E-state index contributed by atoms with van der Waals surface area (Å²) in [6.45, 7) is 2.30. The third-order valence-corrected chi connectivity index (χ3v) is 5.51. The van der Waals surface area contributed by atoms with Crippen LogP contribution in [0.1, 0.15) is 30.4 Å². The summed E-state index contributed by atoms with van der Waals surface area (Å²) in [6, 6.07) is 16.5. The molecule has 2 aliphatic rings. The summed E-state index contributed by atoms with van der Waals surface area (Å²) in [5.74, 6) is 1.11. The number of hydrogen-bond donors (Lipinski definition) is 1. The monoisotopic (exact) mass is 354 g/mol. The number of nitrogens with one attached hydrogen (secondary N) is 1. The van der Waals surface area contributed by atoms with Crippen LogP contribution >= 0.6 is 11.6 Å². The fraction of sp³-hybridized carbons (Fsp3) is 0.381. The van der Waals surface area contributed by atoms with Crippen molar-refractivity contribution in [3.05, 3.63) is 64.7 Å². The van der Waals surface area contributed by atoms with Crippen LogP contribution in [0, 0.1) is 5.41 Å². The fourth-order valence-corrected chi connectivity index (χ4v) is 4.15. The molecule has 0 aliphatic carbocycles. The molecular weight excluding hydrogens is 332 g/mol. The minimum absolute atomic E-state index is 0.0590. The van der Waals surface area contributed by atoms with Gasteiger partial charge in [0.25, 0.3) is 0 Å². The standard InChI is InChI=1S/C21H23ClN2O/c22-18-7-3-5-16(13-18)15-23-20-21(9-4-11-25-12-10-21)14-17-6-1-2-8-19(17)24-20/h1-3,5-8,13H,4,9-12,14-15H2,(H,23,24). The Hall–Kier alpha value is -1.84. The van der Waals surface area contributed by atoms with Crippen LogP contribution in [0.25, 0.3) is 0 Å². The van der Waals surface area contributed by atoms with Crippen LogP contribution in [0.5, 0.6) is 0 Å². The number of nitrogens with zero attached hydrogens (tertiary/aromatic N) is 1. The van der Waals surface area contributed by atoms with Crippen LogP contribution < -0.4 is 5.32 Å². The molecule has 2 aliphatic heterocycles. The molecule has 1 spiro atoms. The van der Waals surface area contributed by atoms with Gasteiger partial charge in [0, 0.05) is 29.3 Å². The van der Waals surface area contributed by atoms with Crippen molar-refractivity contribution >= 4 is 23.1 Å². The van der Waals surface area contributed by atoms with Gasteiger partial charge in [-0.2, -0.15) is 0 Å². The summed E-state index contributed by atoms with van der Waals surface area (Å²) in [5, 5.41) is 4.39. The summed E-state index contributed by atoms with van der Waals surface area (Å²) >= 11 is 6.12. The van der Waals surface area contributed by atoms with E-state index in [4.69, 9.17) is 21.3 Å². The maximum absolute atomic E-state index is 6.12. The Labute approximate surface area is 154 Å². The molecule has 0 radical (unpaired) electrons. The maximum atomic E-state index is 6.12. The number of benzene rings is 2. The molecule has 0 aromatic heterocycles. The van der Waals surface area contributed by atoms with E-state index in [0.717, 1.165) is 55.3 Å². The van der Waals surface area contributed by atoms with Crippen molar-refractivity contribution in [2.45, 2.75) is 32.2 Å². The highest BCUT2D eigenvalue weighted by Gasteiger charge is 2.40. The number of ether oxygens (including phenoxy) is 1. The molecule has 1 atom stereocenters. The first-order valence-electron chi connectivity index (χ1n) is 8.97. The van der Waals surface area contributed by atoms with Gasteiger partial charge in [0.2, 0.25) is 0 Å². The maximum Gasteiger partial charge on any atom is 0.108 e. The van der Waals surface area contributed by atoms with Gasteiger partial charge < -0.3 is 10.1 Å². The van der Waals surface area contributed by atoms with Gasteiger partial charge in [-0.1, -0.05) is 41.9 Å². The zero-order chi connectivity index (χ0) is 17.1. The molecule has 1 saturated heterocycles. The number of anilines is 1. The van der Waals surface area contributed by atoms with Gasteiger partial charge in [0.15, 0.2) is 0 Å². The Morgan fingerprint density at radius 1 is 1.08 bits per heavy atom. The summed E-state index contributed by atoms with van der Waals surface area (Å²) in [5.41, 5.74) is 3.76. The number of aliphatic imine (C=N–C) groups is 1. The minimum Gasteiger partial charge on any atom is -0.381 e. The Balaban J connectivity index is 1.67. The quantitative estimate of drug-likeness (QED) is 0.814. The Kier molecular flexibility index (Phi) is 4.78. The highest BCUT2D eigenvalue weighted by atomic mass is 35.5. The topological polar surface area (TPSA) is 33.6 Å². The summed E-state index contributed by atoms with van der Waals surface area (Å²) in [6.07, 6.45) is 4.25. The SMILES string of the molecule is Clc1cccc(CN=C2Nc3ccccc3CC23CCCOCC3)c1. The van der Waals surface area contributed by atoms with Gasteiger partial charge in [-0.15, -0.1) is 0 Å². The first-order valence-corrected chi connectivity index (χ1v) is 9.35. The van der Waals surface area contributed by atoms with Crippen LogP contribution in [0.2, 0.25) is 5.02 Å². The number of hydrogen-bond acceptors (Lipinski definition) is 2. The summed E-state index contributed by atoms with van der Waals surface area (Å²) in [7, 11) is 0. The molecule has 0 bridgehead atoms.